The summed E-state index contributed by atoms with van der Waals surface area (Å²) in [5, 5.41) is 3.26. The SMILES string of the molecule is Cc1ccc(-n2cccc2)cc1NC(N)=S. The molecular weight excluding hydrogens is 218 g/mol. The van der Waals surface area contributed by atoms with E-state index in [0.717, 1.165) is 16.9 Å². The average molecular weight is 231 g/mol. The van der Waals surface area contributed by atoms with Crippen LogP contribution in [0.4, 0.5) is 5.69 Å². The highest BCUT2D eigenvalue weighted by atomic mass is 32.1. The van der Waals surface area contributed by atoms with E-state index in [4.69, 9.17) is 18.0 Å². The summed E-state index contributed by atoms with van der Waals surface area (Å²) in [6, 6.07) is 10.1. The van der Waals surface area contributed by atoms with Gasteiger partial charge in [-0.2, -0.15) is 0 Å². The van der Waals surface area contributed by atoms with Crippen molar-refractivity contribution in [2.24, 2.45) is 5.73 Å². The molecule has 2 rings (SSSR count). The molecule has 0 aliphatic carbocycles. The van der Waals surface area contributed by atoms with Crippen LogP contribution in [0.2, 0.25) is 0 Å². The van der Waals surface area contributed by atoms with E-state index in [0.29, 0.717) is 0 Å². The quantitative estimate of drug-likeness (QED) is 0.780. The topological polar surface area (TPSA) is 43.0 Å². The van der Waals surface area contributed by atoms with Gasteiger partial charge >= 0.3 is 0 Å². The summed E-state index contributed by atoms with van der Waals surface area (Å²) in [7, 11) is 0. The van der Waals surface area contributed by atoms with E-state index in [1.54, 1.807) is 0 Å². The third-order valence-electron chi connectivity index (χ3n) is 2.38. The van der Waals surface area contributed by atoms with Crippen LogP contribution in [0, 0.1) is 6.92 Å². The number of aromatic nitrogens is 1. The van der Waals surface area contributed by atoms with Gasteiger partial charge in [-0.25, -0.2) is 0 Å². The monoisotopic (exact) mass is 231 g/mol. The summed E-state index contributed by atoms with van der Waals surface area (Å²) in [5.41, 5.74) is 8.61. The molecule has 0 fully saturated rings. The Morgan fingerprint density at radius 2 is 2.00 bits per heavy atom. The number of rotatable bonds is 2. The summed E-state index contributed by atoms with van der Waals surface area (Å²) < 4.78 is 2.03. The van der Waals surface area contributed by atoms with Gasteiger partial charge < -0.3 is 15.6 Å². The van der Waals surface area contributed by atoms with Gasteiger partial charge in [-0.05, 0) is 49.0 Å². The Labute approximate surface area is 99.9 Å². The van der Waals surface area contributed by atoms with Crippen molar-refractivity contribution >= 4 is 23.0 Å². The first-order chi connectivity index (χ1) is 7.66. The van der Waals surface area contributed by atoms with Crippen molar-refractivity contribution in [3.8, 4) is 5.69 Å². The normalized spacial score (nSPS) is 10.1. The largest absolute Gasteiger partial charge is 0.376 e. The predicted molar refractivity (Wildman–Crippen MR) is 70.9 cm³/mol. The Morgan fingerprint density at radius 1 is 1.31 bits per heavy atom. The van der Waals surface area contributed by atoms with Gasteiger partial charge in [-0.1, -0.05) is 6.07 Å². The third-order valence-corrected chi connectivity index (χ3v) is 2.48. The summed E-state index contributed by atoms with van der Waals surface area (Å²) >= 11 is 4.84. The lowest BCUT2D eigenvalue weighted by Crippen LogP contribution is -2.19. The van der Waals surface area contributed by atoms with E-state index in [-0.39, 0.29) is 5.11 Å². The fraction of sp³-hybridized carbons (Fsp3) is 0.0833. The lowest BCUT2D eigenvalue weighted by atomic mass is 10.2. The van der Waals surface area contributed by atoms with Gasteiger partial charge in [0, 0.05) is 23.8 Å². The summed E-state index contributed by atoms with van der Waals surface area (Å²) in [6.07, 6.45) is 3.99. The zero-order chi connectivity index (χ0) is 11.5. The molecule has 4 heteroatoms. The number of hydrogen-bond acceptors (Lipinski definition) is 1. The molecule has 1 aromatic heterocycles. The minimum Gasteiger partial charge on any atom is -0.376 e. The molecule has 2 aromatic rings. The number of nitrogens with two attached hydrogens (primary N) is 1. The van der Waals surface area contributed by atoms with Crippen molar-refractivity contribution in [3.63, 3.8) is 0 Å². The average Bonchev–Trinajstić information content (AvgIpc) is 2.73. The van der Waals surface area contributed by atoms with Crippen LogP contribution in [0.5, 0.6) is 0 Å². The van der Waals surface area contributed by atoms with Gasteiger partial charge in [0.05, 0.1) is 0 Å². The molecule has 0 spiro atoms. The van der Waals surface area contributed by atoms with Crippen LogP contribution in [-0.2, 0) is 0 Å². The van der Waals surface area contributed by atoms with Crippen LogP contribution in [0.3, 0.4) is 0 Å². The van der Waals surface area contributed by atoms with Gasteiger partial charge in [-0.3, -0.25) is 0 Å². The fourth-order valence-electron chi connectivity index (χ4n) is 1.54. The molecule has 0 amide bonds. The van der Waals surface area contributed by atoms with E-state index in [1.807, 2.05) is 48.1 Å². The van der Waals surface area contributed by atoms with E-state index in [2.05, 4.69) is 11.4 Å². The van der Waals surface area contributed by atoms with Crippen molar-refractivity contribution in [2.75, 3.05) is 5.32 Å². The molecule has 0 saturated carbocycles. The van der Waals surface area contributed by atoms with Gasteiger partial charge in [0.2, 0.25) is 0 Å². The third kappa shape index (κ3) is 2.23. The molecule has 3 N–H and O–H groups in total. The highest BCUT2D eigenvalue weighted by Gasteiger charge is 2.01. The lowest BCUT2D eigenvalue weighted by Gasteiger charge is -2.10. The Hall–Kier alpha value is -1.81. The number of benzene rings is 1. The fourth-order valence-corrected chi connectivity index (χ4v) is 1.65. The van der Waals surface area contributed by atoms with Crippen molar-refractivity contribution in [3.05, 3.63) is 48.3 Å². The second-order valence-electron chi connectivity index (χ2n) is 3.58. The highest BCUT2D eigenvalue weighted by molar-refractivity contribution is 7.80. The number of anilines is 1. The Morgan fingerprint density at radius 3 is 2.62 bits per heavy atom. The number of aryl methyl sites for hydroxylation is 1. The Bertz CT molecular complexity index is 503. The maximum Gasteiger partial charge on any atom is 0.168 e. The molecule has 82 valence electrons. The zero-order valence-electron chi connectivity index (χ0n) is 8.97. The molecule has 0 unspecified atom stereocenters. The van der Waals surface area contributed by atoms with Gasteiger partial charge in [-0.15, -0.1) is 0 Å². The molecule has 0 aliphatic heterocycles. The van der Waals surface area contributed by atoms with Crippen LogP contribution in [0.1, 0.15) is 5.56 Å². The minimum absolute atomic E-state index is 0.285. The van der Waals surface area contributed by atoms with Crippen LogP contribution < -0.4 is 11.1 Å². The molecule has 1 aromatic carbocycles. The molecule has 0 bridgehead atoms. The summed E-state index contributed by atoms with van der Waals surface area (Å²) in [6.45, 7) is 2.01. The Balaban J connectivity index is 2.39. The van der Waals surface area contributed by atoms with Crippen molar-refractivity contribution in [1.82, 2.24) is 4.57 Å². The second-order valence-corrected chi connectivity index (χ2v) is 4.02. The standard InChI is InChI=1S/C12H13N3S/c1-9-4-5-10(15-6-2-3-7-15)8-11(9)14-12(13)16/h2-8H,1H3,(H3,13,14,16). The van der Waals surface area contributed by atoms with Crippen LogP contribution >= 0.6 is 12.2 Å². The number of hydrogen-bond donors (Lipinski definition) is 2. The van der Waals surface area contributed by atoms with Gasteiger partial charge in [0.1, 0.15) is 0 Å². The number of thiocarbonyl (C=S) groups is 1. The Kier molecular flexibility index (Phi) is 2.92. The highest BCUT2D eigenvalue weighted by Crippen LogP contribution is 2.19. The molecule has 0 aliphatic rings. The molecule has 0 atom stereocenters. The lowest BCUT2D eigenvalue weighted by molar-refractivity contribution is 1.08. The summed E-state index contributed by atoms with van der Waals surface area (Å²) in [5.74, 6) is 0. The smallest absolute Gasteiger partial charge is 0.168 e. The van der Waals surface area contributed by atoms with E-state index in [9.17, 15) is 0 Å². The first kappa shape index (κ1) is 10.7. The zero-order valence-corrected chi connectivity index (χ0v) is 9.79. The van der Waals surface area contributed by atoms with Crippen molar-refractivity contribution < 1.29 is 0 Å². The molecule has 0 saturated heterocycles. The second kappa shape index (κ2) is 4.37. The first-order valence-electron chi connectivity index (χ1n) is 4.97. The van der Waals surface area contributed by atoms with Crippen molar-refractivity contribution in [1.29, 1.82) is 0 Å². The van der Waals surface area contributed by atoms with E-state index < -0.39 is 0 Å². The molecular formula is C12H13N3S. The number of nitrogens with one attached hydrogen (secondary N) is 1. The number of nitrogens with zero attached hydrogens (tertiary/aromatic N) is 1. The van der Waals surface area contributed by atoms with Gasteiger partial charge in [0.15, 0.2) is 5.11 Å². The molecule has 3 nitrogen and oxygen atoms in total. The van der Waals surface area contributed by atoms with E-state index in [1.165, 1.54) is 0 Å². The first-order valence-corrected chi connectivity index (χ1v) is 5.38. The molecule has 1 heterocycles. The predicted octanol–water partition coefficient (Wildman–Crippen LogP) is 2.44. The van der Waals surface area contributed by atoms with Crippen molar-refractivity contribution in [2.45, 2.75) is 6.92 Å². The molecule has 16 heavy (non-hydrogen) atoms. The van der Waals surface area contributed by atoms with Crippen LogP contribution in [0.15, 0.2) is 42.7 Å². The van der Waals surface area contributed by atoms with E-state index >= 15 is 0 Å². The van der Waals surface area contributed by atoms with Crippen LogP contribution in [-0.4, -0.2) is 9.68 Å². The minimum atomic E-state index is 0.285. The molecule has 0 radical (unpaired) electrons. The maximum atomic E-state index is 5.48. The van der Waals surface area contributed by atoms with Crippen LogP contribution in [0.25, 0.3) is 5.69 Å². The maximum absolute atomic E-state index is 5.48. The van der Waals surface area contributed by atoms with Gasteiger partial charge in [0.25, 0.3) is 0 Å². The summed E-state index contributed by atoms with van der Waals surface area (Å²) in [4.78, 5) is 0.